The number of ether oxygens (including phenoxy) is 1. The lowest BCUT2D eigenvalue weighted by Gasteiger charge is -2.10. The van der Waals surface area contributed by atoms with Gasteiger partial charge in [0.2, 0.25) is 0 Å². The van der Waals surface area contributed by atoms with Crippen LogP contribution in [0.5, 0.6) is 5.75 Å². The molecule has 0 saturated carbocycles. The molecule has 0 unspecified atom stereocenters. The summed E-state index contributed by atoms with van der Waals surface area (Å²) in [5.41, 5.74) is 5.57. The van der Waals surface area contributed by atoms with E-state index in [2.05, 4.69) is 15.1 Å². The van der Waals surface area contributed by atoms with Crippen LogP contribution in [0.15, 0.2) is 53.6 Å². The average Bonchev–Trinajstić information content (AvgIpc) is 3.01. The molecule has 0 radical (unpaired) electrons. The maximum Gasteiger partial charge on any atom is 0.301 e. The van der Waals surface area contributed by atoms with Crippen LogP contribution < -0.4 is 10.2 Å². The van der Waals surface area contributed by atoms with Crippen LogP contribution in [0.2, 0.25) is 0 Å². The Morgan fingerprint density at radius 2 is 1.73 bits per heavy atom. The van der Waals surface area contributed by atoms with Crippen LogP contribution in [-0.4, -0.2) is 27.7 Å². The third-order valence-corrected chi connectivity index (χ3v) is 4.58. The number of methoxy groups -OCH3 is 1. The summed E-state index contributed by atoms with van der Waals surface area (Å²) in [6, 6.07) is 12.9. The predicted molar refractivity (Wildman–Crippen MR) is 113 cm³/mol. The quantitative estimate of drug-likeness (QED) is 0.351. The maximum absolute atomic E-state index is 11.2. The van der Waals surface area contributed by atoms with E-state index >= 15 is 0 Å². The first-order valence-electron chi connectivity index (χ1n) is 8.87. The predicted octanol–water partition coefficient (Wildman–Crippen LogP) is 4.37. The van der Waals surface area contributed by atoms with Gasteiger partial charge in [0.25, 0.3) is 5.69 Å². The van der Waals surface area contributed by atoms with Crippen molar-refractivity contribution >= 4 is 23.3 Å². The monoisotopic (exact) mass is 409 g/mol. The molecule has 0 spiro atoms. The molecule has 0 saturated heterocycles. The lowest BCUT2D eigenvalue weighted by molar-refractivity contribution is -0.393. The summed E-state index contributed by atoms with van der Waals surface area (Å²) >= 11 is 0. The van der Waals surface area contributed by atoms with Crippen molar-refractivity contribution < 1.29 is 14.6 Å². The summed E-state index contributed by atoms with van der Waals surface area (Å²) in [5, 5.41) is 26.1. The number of nitro benzene ring substituents is 2. The molecule has 0 amide bonds. The highest BCUT2D eigenvalue weighted by Gasteiger charge is 2.19. The summed E-state index contributed by atoms with van der Waals surface area (Å²) in [5.74, 6) is 0.761. The molecule has 1 N–H and O–H groups in total. The number of anilines is 1. The molecule has 0 bridgehead atoms. The third-order valence-electron chi connectivity index (χ3n) is 4.58. The number of hydrogen-bond donors (Lipinski definition) is 1. The molecule has 3 rings (SSSR count). The maximum atomic E-state index is 11.2. The fourth-order valence-corrected chi connectivity index (χ4v) is 3.10. The third kappa shape index (κ3) is 4.12. The van der Waals surface area contributed by atoms with Crippen molar-refractivity contribution in [2.24, 2.45) is 5.10 Å². The number of nitrogens with one attached hydrogen (secondary N) is 1. The average molecular weight is 409 g/mol. The molecule has 154 valence electrons. The van der Waals surface area contributed by atoms with Crippen molar-refractivity contribution in [3.63, 3.8) is 0 Å². The van der Waals surface area contributed by atoms with Gasteiger partial charge < -0.3 is 9.30 Å². The van der Waals surface area contributed by atoms with E-state index in [9.17, 15) is 20.2 Å². The highest BCUT2D eigenvalue weighted by Crippen LogP contribution is 2.29. The lowest BCUT2D eigenvalue weighted by Crippen LogP contribution is -2.00. The number of hydrazone groups is 1. The van der Waals surface area contributed by atoms with Crippen molar-refractivity contribution in [3.8, 4) is 11.4 Å². The fraction of sp³-hybridized carbons (Fsp3) is 0.150. The summed E-state index contributed by atoms with van der Waals surface area (Å²) in [4.78, 5) is 20.7. The first kappa shape index (κ1) is 20.5. The van der Waals surface area contributed by atoms with E-state index < -0.39 is 15.5 Å². The number of rotatable bonds is 7. The van der Waals surface area contributed by atoms with Gasteiger partial charge in [-0.25, -0.2) is 0 Å². The molecule has 30 heavy (non-hydrogen) atoms. The van der Waals surface area contributed by atoms with Crippen molar-refractivity contribution in [1.29, 1.82) is 0 Å². The Morgan fingerprint density at radius 1 is 1.03 bits per heavy atom. The van der Waals surface area contributed by atoms with Gasteiger partial charge in [-0.1, -0.05) is 0 Å². The van der Waals surface area contributed by atoms with E-state index in [1.54, 1.807) is 13.3 Å². The second kappa shape index (κ2) is 8.43. The molecule has 0 aliphatic rings. The number of aromatic nitrogens is 1. The highest BCUT2D eigenvalue weighted by atomic mass is 16.6. The minimum atomic E-state index is -0.694. The van der Waals surface area contributed by atoms with Gasteiger partial charge in [-0.2, -0.15) is 5.10 Å². The Bertz CT molecular complexity index is 1140. The van der Waals surface area contributed by atoms with Gasteiger partial charge in [-0.3, -0.25) is 25.7 Å². The SMILES string of the molecule is COc1ccc(-n2c(C)cc(C=NNc3ccc([N+](=O)[O-])cc3[N+](=O)[O-])c2C)cc1. The molecule has 3 aromatic rings. The number of benzene rings is 2. The van der Waals surface area contributed by atoms with Crippen LogP contribution in [0.4, 0.5) is 17.1 Å². The second-order valence-corrected chi connectivity index (χ2v) is 6.45. The molecular formula is C20H19N5O5. The topological polar surface area (TPSA) is 125 Å². The minimum Gasteiger partial charge on any atom is -0.497 e. The number of aryl methyl sites for hydroxylation is 1. The summed E-state index contributed by atoms with van der Waals surface area (Å²) < 4.78 is 7.24. The first-order chi connectivity index (χ1) is 14.3. The van der Waals surface area contributed by atoms with Crippen LogP contribution in [0.1, 0.15) is 17.0 Å². The molecule has 1 aromatic heterocycles. The Kier molecular flexibility index (Phi) is 5.77. The van der Waals surface area contributed by atoms with Gasteiger partial charge in [-0.05, 0) is 50.2 Å². The van der Waals surface area contributed by atoms with E-state index in [0.29, 0.717) is 0 Å². The van der Waals surface area contributed by atoms with Crippen molar-refractivity contribution in [3.05, 3.63) is 85.7 Å². The number of nitrogens with zero attached hydrogens (tertiary/aromatic N) is 4. The highest BCUT2D eigenvalue weighted by molar-refractivity contribution is 5.83. The molecule has 0 fully saturated rings. The Labute approximate surface area is 171 Å². The number of non-ortho nitro benzene ring substituents is 1. The lowest BCUT2D eigenvalue weighted by atomic mass is 10.2. The second-order valence-electron chi connectivity index (χ2n) is 6.45. The zero-order valence-electron chi connectivity index (χ0n) is 16.5. The molecule has 0 aliphatic heterocycles. The van der Waals surface area contributed by atoms with Crippen LogP contribution in [0, 0.1) is 34.1 Å². The Morgan fingerprint density at radius 3 is 2.33 bits per heavy atom. The van der Waals surface area contributed by atoms with Crippen molar-refractivity contribution in [2.45, 2.75) is 13.8 Å². The van der Waals surface area contributed by atoms with Gasteiger partial charge in [0.05, 0.1) is 29.2 Å². The molecule has 0 aliphatic carbocycles. The number of hydrogen-bond acceptors (Lipinski definition) is 7. The largest absolute Gasteiger partial charge is 0.497 e. The van der Waals surface area contributed by atoms with E-state index in [1.165, 1.54) is 12.1 Å². The first-order valence-corrected chi connectivity index (χ1v) is 8.87. The number of nitro groups is 2. The van der Waals surface area contributed by atoms with Crippen LogP contribution in [0.3, 0.4) is 0 Å². The van der Waals surface area contributed by atoms with E-state index in [1.807, 2.05) is 44.2 Å². The standard InChI is InChI=1S/C20H19N5O5/c1-13-10-15(14(2)23(13)16-4-7-18(30-3)8-5-16)12-21-22-19-9-6-17(24(26)27)11-20(19)25(28)29/h4-12,22H,1-3H3. The minimum absolute atomic E-state index is 0.0609. The molecule has 0 atom stereocenters. The van der Waals surface area contributed by atoms with Crippen molar-refractivity contribution in [2.75, 3.05) is 12.5 Å². The fourth-order valence-electron chi connectivity index (χ4n) is 3.10. The summed E-state index contributed by atoms with van der Waals surface area (Å²) in [6.45, 7) is 3.90. The van der Waals surface area contributed by atoms with Gasteiger partial charge >= 0.3 is 5.69 Å². The van der Waals surface area contributed by atoms with Gasteiger partial charge in [0.1, 0.15) is 11.4 Å². The van der Waals surface area contributed by atoms with E-state index in [0.717, 1.165) is 34.5 Å². The van der Waals surface area contributed by atoms with Gasteiger partial charge in [0, 0.05) is 28.7 Å². The van der Waals surface area contributed by atoms with Gasteiger partial charge in [-0.15, -0.1) is 0 Å². The van der Waals surface area contributed by atoms with E-state index in [4.69, 9.17) is 4.74 Å². The van der Waals surface area contributed by atoms with Crippen LogP contribution in [0.25, 0.3) is 5.69 Å². The molecule has 10 nitrogen and oxygen atoms in total. The molecular weight excluding hydrogens is 390 g/mol. The van der Waals surface area contributed by atoms with Gasteiger partial charge in [0.15, 0.2) is 0 Å². The summed E-state index contributed by atoms with van der Waals surface area (Å²) in [6.07, 6.45) is 1.55. The smallest absolute Gasteiger partial charge is 0.301 e. The van der Waals surface area contributed by atoms with Crippen molar-refractivity contribution in [1.82, 2.24) is 4.57 Å². The zero-order valence-corrected chi connectivity index (χ0v) is 16.5. The van der Waals surface area contributed by atoms with Crippen LogP contribution in [-0.2, 0) is 0 Å². The summed E-state index contributed by atoms with van der Waals surface area (Å²) in [7, 11) is 1.61. The molecule has 10 heteroatoms. The van der Waals surface area contributed by atoms with E-state index in [-0.39, 0.29) is 11.4 Å². The van der Waals surface area contributed by atoms with Crippen LogP contribution >= 0.6 is 0 Å². The molecule has 1 heterocycles. The Hall–Kier alpha value is -4.21. The Balaban J connectivity index is 1.85. The zero-order chi connectivity index (χ0) is 21.8. The normalized spacial score (nSPS) is 10.9. The molecule has 2 aromatic carbocycles.